The number of benzene rings is 2. The van der Waals surface area contributed by atoms with Crippen LogP contribution in [0.4, 0.5) is 5.69 Å². The van der Waals surface area contributed by atoms with Gasteiger partial charge in [0.05, 0.1) is 19.3 Å². The maximum atomic E-state index is 12.6. The quantitative estimate of drug-likeness (QED) is 0.605. The third kappa shape index (κ3) is 4.24. The number of hydrogen-bond acceptors (Lipinski definition) is 5. The van der Waals surface area contributed by atoms with E-state index in [9.17, 15) is 9.59 Å². The van der Waals surface area contributed by atoms with Crippen LogP contribution in [-0.4, -0.2) is 31.0 Å². The second-order valence-electron chi connectivity index (χ2n) is 7.61. The van der Waals surface area contributed by atoms with E-state index in [1.54, 1.807) is 19.2 Å². The van der Waals surface area contributed by atoms with Gasteiger partial charge in [-0.1, -0.05) is 19.1 Å². The number of methoxy groups -OCH3 is 1. The number of carbonyl (C=O) groups is 1. The number of nitrogens with zero attached hydrogens (tertiary/aromatic N) is 1. The standard InChI is InChI=1S/C24H26N2O4/c1-3-26(15-23(27)25-20-9-4-5-10-21(20)29-2)14-18-13-24(28)30-22-12-17-8-6-7-16(17)11-19(18)22/h4-5,9-13H,3,6-8,14-15H2,1-2H3,(H,25,27). The molecular formula is C24H26N2O4. The highest BCUT2D eigenvalue weighted by Crippen LogP contribution is 2.29. The normalized spacial score (nSPS) is 12.9. The van der Waals surface area contributed by atoms with Crippen LogP contribution in [0.2, 0.25) is 0 Å². The fourth-order valence-electron chi connectivity index (χ4n) is 4.09. The summed E-state index contributed by atoms with van der Waals surface area (Å²) in [7, 11) is 1.58. The SMILES string of the molecule is CCN(CC(=O)Nc1ccccc1OC)Cc1cc(=O)oc2cc3c(cc12)CCC3. The number of para-hydroxylation sites is 2. The summed E-state index contributed by atoms with van der Waals surface area (Å²) in [6.07, 6.45) is 3.22. The van der Waals surface area contributed by atoms with E-state index in [2.05, 4.69) is 11.4 Å². The van der Waals surface area contributed by atoms with Crippen molar-refractivity contribution in [3.63, 3.8) is 0 Å². The molecule has 1 aliphatic carbocycles. The highest BCUT2D eigenvalue weighted by molar-refractivity contribution is 5.93. The largest absolute Gasteiger partial charge is 0.495 e. The number of fused-ring (bicyclic) bond motifs is 2. The van der Waals surface area contributed by atoms with E-state index in [-0.39, 0.29) is 18.1 Å². The molecule has 0 saturated carbocycles. The molecule has 6 nitrogen and oxygen atoms in total. The van der Waals surface area contributed by atoms with Gasteiger partial charge in [0.2, 0.25) is 5.91 Å². The molecule has 1 heterocycles. The highest BCUT2D eigenvalue weighted by atomic mass is 16.5. The third-order valence-electron chi connectivity index (χ3n) is 5.63. The second kappa shape index (κ2) is 8.71. The molecule has 1 aliphatic rings. The summed E-state index contributed by atoms with van der Waals surface area (Å²) in [5, 5.41) is 3.87. The van der Waals surface area contributed by atoms with Crippen molar-refractivity contribution in [2.75, 3.05) is 25.5 Å². The number of amides is 1. The van der Waals surface area contributed by atoms with Gasteiger partial charge < -0.3 is 14.5 Å². The number of aryl methyl sites for hydroxylation is 2. The van der Waals surface area contributed by atoms with Crippen molar-refractivity contribution in [3.05, 3.63) is 69.6 Å². The molecule has 0 fully saturated rings. The maximum Gasteiger partial charge on any atom is 0.336 e. The molecule has 1 N–H and O–H groups in total. The van der Waals surface area contributed by atoms with Gasteiger partial charge in [-0.05, 0) is 66.8 Å². The molecule has 2 aromatic carbocycles. The molecule has 0 atom stereocenters. The number of carbonyl (C=O) groups excluding carboxylic acids is 1. The average molecular weight is 406 g/mol. The molecule has 0 aliphatic heterocycles. The zero-order chi connectivity index (χ0) is 21.1. The molecule has 6 heteroatoms. The van der Waals surface area contributed by atoms with Gasteiger partial charge in [0.1, 0.15) is 11.3 Å². The Balaban J connectivity index is 1.54. The first-order valence-corrected chi connectivity index (χ1v) is 10.3. The number of anilines is 1. The Hall–Kier alpha value is -3.12. The average Bonchev–Trinajstić information content (AvgIpc) is 3.19. The topological polar surface area (TPSA) is 71.8 Å². The first-order chi connectivity index (χ1) is 14.6. The molecule has 1 amide bonds. The van der Waals surface area contributed by atoms with Crippen LogP contribution in [-0.2, 0) is 24.2 Å². The lowest BCUT2D eigenvalue weighted by molar-refractivity contribution is -0.117. The molecule has 1 aromatic heterocycles. The number of rotatable bonds is 7. The smallest absolute Gasteiger partial charge is 0.336 e. The monoisotopic (exact) mass is 406 g/mol. The Morgan fingerprint density at radius 2 is 1.93 bits per heavy atom. The van der Waals surface area contributed by atoms with E-state index >= 15 is 0 Å². The lowest BCUT2D eigenvalue weighted by Crippen LogP contribution is -2.33. The number of ether oxygens (including phenoxy) is 1. The van der Waals surface area contributed by atoms with Crippen LogP contribution in [0.5, 0.6) is 5.75 Å². The maximum absolute atomic E-state index is 12.6. The first kappa shape index (κ1) is 20.2. The van der Waals surface area contributed by atoms with Crippen LogP contribution in [0.3, 0.4) is 0 Å². The van der Waals surface area contributed by atoms with Crippen LogP contribution >= 0.6 is 0 Å². The van der Waals surface area contributed by atoms with E-state index in [1.807, 2.05) is 36.1 Å². The molecule has 0 saturated heterocycles. The lowest BCUT2D eigenvalue weighted by Gasteiger charge is -2.21. The molecule has 156 valence electrons. The van der Waals surface area contributed by atoms with Crippen molar-refractivity contribution >= 4 is 22.6 Å². The summed E-state index contributed by atoms with van der Waals surface area (Å²) in [5.74, 6) is 0.490. The zero-order valence-corrected chi connectivity index (χ0v) is 17.4. The Morgan fingerprint density at radius 3 is 2.70 bits per heavy atom. The predicted octanol–water partition coefficient (Wildman–Crippen LogP) is 3.75. The van der Waals surface area contributed by atoms with E-state index < -0.39 is 0 Å². The van der Waals surface area contributed by atoms with Gasteiger partial charge in [-0.25, -0.2) is 4.79 Å². The Labute approximate surface area is 175 Å². The summed E-state index contributed by atoms with van der Waals surface area (Å²) < 4.78 is 10.8. The van der Waals surface area contributed by atoms with E-state index in [1.165, 1.54) is 11.1 Å². The number of hydrogen-bond donors (Lipinski definition) is 1. The van der Waals surface area contributed by atoms with Gasteiger partial charge in [-0.15, -0.1) is 0 Å². The molecule has 0 radical (unpaired) electrons. The Kier molecular flexibility index (Phi) is 5.86. The van der Waals surface area contributed by atoms with Gasteiger partial charge in [0.15, 0.2) is 0 Å². The van der Waals surface area contributed by atoms with E-state index in [4.69, 9.17) is 9.15 Å². The molecule has 30 heavy (non-hydrogen) atoms. The molecule has 0 spiro atoms. The summed E-state index contributed by atoms with van der Waals surface area (Å²) >= 11 is 0. The fraction of sp³-hybridized carbons (Fsp3) is 0.333. The molecule has 0 unspecified atom stereocenters. The van der Waals surface area contributed by atoms with Crippen molar-refractivity contribution in [1.82, 2.24) is 4.90 Å². The van der Waals surface area contributed by atoms with Crippen LogP contribution in [0.15, 0.2) is 51.7 Å². The van der Waals surface area contributed by atoms with Crippen LogP contribution in [0.1, 0.15) is 30.0 Å². The van der Waals surface area contributed by atoms with Crippen molar-refractivity contribution in [2.45, 2.75) is 32.7 Å². The minimum Gasteiger partial charge on any atom is -0.495 e. The van der Waals surface area contributed by atoms with Crippen LogP contribution in [0.25, 0.3) is 11.0 Å². The second-order valence-corrected chi connectivity index (χ2v) is 7.61. The molecule has 4 rings (SSSR count). The third-order valence-corrected chi connectivity index (χ3v) is 5.63. The number of nitrogens with one attached hydrogen (secondary N) is 1. The van der Waals surface area contributed by atoms with Crippen molar-refractivity contribution in [2.24, 2.45) is 0 Å². The number of likely N-dealkylation sites (N-methyl/N-ethyl adjacent to an activating group) is 1. The van der Waals surface area contributed by atoms with E-state index in [0.29, 0.717) is 30.1 Å². The molecule has 0 bridgehead atoms. The molecular weight excluding hydrogens is 380 g/mol. The van der Waals surface area contributed by atoms with Crippen molar-refractivity contribution < 1.29 is 13.9 Å². The van der Waals surface area contributed by atoms with Gasteiger partial charge in [0, 0.05) is 18.0 Å². The van der Waals surface area contributed by atoms with Gasteiger partial charge in [-0.3, -0.25) is 9.69 Å². The minimum absolute atomic E-state index is 0.130. The predicted molar refractivity (Wildman–Crippen MR) is 117 cm³/mol. The van der Waals surface area contributed by atoms with Crippen LogP contribution < -0.4 is 15.7 Å². The minimum atomic E-state index is -0.357. The van der Waals surface area contributed by atoms with Gasteiger partial charge in [0.25, 0.3) is 0 Å². The van der Waals surface area contributed by atoms with Crippen molar-refractivity contribution in [1.29, 1.82) is 0 Å². The summed E-state index contributed by atoms with van der Waals surface area (Å²) in [6.45, 7) is 3.38. The lowest BCUT2D eigenvalue weighted by atomic mass is 10.0. The zero-order valence-electron chi connectivity index (χ0n) is 17.4. The Morgan fingerprint density at radius 1 is 1.17 bits per heavy atom. The van der Waals surface area contributed by atoms with Crippen LogP contribution in [0, 0.1) is 0 Å². The molecule has 3 aromatic rings. The van der Waals surface area contributed by atoms with Gasteiger partial charge in [-0.2, -0.15) is 0 Å². The summed E-state index contributed by atoms with van der Waals surface area (Å²) in [4.78, 5) is 26.8. The first-order valence-electron chi connectivity index (χ1n) is 10.3. The summed E-state index contributed by atoms with van der Waals surface area (Å²) in [6, 6.07) is 13.0. The van der Waals surface area contributed by atoms with E-state index in [0.717, 1.165) is 30.2 Å². The van der Waals surface area contributed by atoms with Crippen molar-refractivity contribution in [3.8, 4) is 5.75 Å². The summed E-state index contributed by atoms with van der Waals surface area (Å²) in [5.41, 5.74) is 4.41. The van der Waals surface area contributed by atoms with Gasteiger partial charge >= 0.3 is 5.63 Å². The Bertz CT molecular complexity index is 1140. The highest BCUT2D eigenvalue weighted by Gasteiger charge is 2.17. The fourth-order valence-corrected chi connectivity index (χ4v) is 4.09.